The number of nitrogens with one attached hydrogen (secondary N) is 2. The Morgan fingerprint density at radius 2 is 1.86 bits per heavy atom. The highest BCUT2D eigenvalue weighted by Crippen LogP contribution is 2.00. The maximum Gasteiger partial charge on any atom is 0.315 e. The third kappa shape index (κ3) is 6.71. The third-order valence-corrected chi connectivity index (χ3v) is 1.73. The zero-order valence-electron chi connectivity index (χ0n) is 9.72. The van der Waals surface area contributed by atoms with Gasteiger partial charge in [-0.15, -0.1) is 0 Å². The van der Waals surface area contributed by atoms with Gasteiger partial charge in [0.05, 0.1) is 6.10 Å². The van der Waals surface area contributed by atoms with Crippen molar-refractivity contribution in [1.82, 2.24) is 10.6 Å². The first kappa shape index (κ1) is 13.2. The van der Waals surface area contributed by atoms with Gasteiger partial charge < -0.3 is 15.7 Å². The average Bonchev–Trinajstić information content (AvgIpc) is 1.96. The Labute approximate surface area is 86.1 Å². The number of carbonyl (C=O) groups is 1. The smallest absolute Gasteiger partial charge is 0.315 e. The Bertz CT molecular complexity index is 185. The van der Waals surface area contributed by atoms with Crippen LogP contribution in [0.5, 0.6) is 0 Å². The van der Waals surface area contributed by atoms with Crippen LogP contribution in [0.4, 0.5) is 4.79 Å². The minimum atomic E-state index is -0.485. The van der Waals surface area contributed by atoms with Crippen molar-refractivity contribution in [1.29, 1.82) is 0 Å². The summed E-state index contributed by atoms with van der Waals surface area (Å²) < 4.78 is 0. The maximum atomic E-state index is 11.3. The van der Waals surface area contributed by atoms with E-state index >= 15 is 0 Å². The molecule has 84 valence electrons. The van der Waals surface area contributed by atoms with Crippen molar-refractivity contribution >= 4 is 6.03 Å². The van der Waals surface area contributed by atoms with Crippen molar-refractivity contribution < 1.29 is 9.90 Å². The predicted octanol–water partition coefficient (Wildman–Crippen LogP) is 1.10. The van der Waals surface area contributed by atoms with Crippen LogP contribution in [0.1, 0.15) is 34.6 Å². The van der Waals surface area contributed by atoms with Crippen molar-refractivity contribution in [3.8, 4) is 0 Å². The van der Waals surface area contributed by atoms with Crippen LogP contribution in [0.2, 0.25) is 0 Å². The molecule has 0 radical (unpaired) electrons. The van der Waals surface area contributed by atoms with Gasteiger partial charge in [-0.25, -0.2) is 4.79 Å². The second kappa shape index (κ2) is 5.20. The van der Waals surface area contributed by atoms with Gasteiger partial charge in [-0.2, -0.15) is 0 Å². The summed E-state index contributed by atoms with van der Waals surface area (Å²) in [6, 6.07) is -0.239. The van der Waals surface area contributed by atoms with Gasteiger partial charge in [0.1, 0.15) is 0 Å². The van der Waals surface area contributed by atoms with Crippen LogP contribution in [0.15, 0.2) is 0 Å². The Kier molecular flexibility index (Phi) is 4.91. The van der Waals surface area contributed by atoms with E-state index in [0.717, 1.165) is 0 Å². The first-order valence-electron chi connectivity index (χ1n) is 4.96. The van der Waals surface area contributed by atoms with E-state index in [1.165, 1.54) is 0 Å². The Balaban J connectivity index is 3.75. The first-order chi connectivity index (χ1) is 6.22. The fraction of sp³-hybridized carbons (Fsp3) is 0.900. The number of carbonyl (C=O) groups excluding carboxylic acids is 1. The number of hydrogen-bond acceptors (Lipinski definition) is 2. The van der Waals surface area contributed by atoms with E-state index < -0.39 is 6.10 Å². The molecule has 1 atom stereocenters. The van der Waals surface area contributed by atoms with E-state index in [1.807, 2.05) is 34.6 Å². The summed E-state index contributed by atoms with van der Waals surface area (Å²) in [5.41, 5.74) is -0.243. The molecule has 0 saturated heterocycles. The van der Waals surface area contributed by atoms with Gasteiger partial charge in [0.25, 0.3) is 0 Å². The number of aliphatic hydroxyl groups is 1. The van der Waals surface area contributed by atoms with Crippen molar-refractivity contribution in [3.05, 3.63) is 0 Å². The molecule has 0 aromatic rings. The highest BCUT2D eigenvalue weighted by molar-refractivity contribution is 5.74. The molecule has 0 saturated carbocycles. The van der Waals surface area contributed by atoms with E-state index in [2.05, 4.69) is 10.6 Å². The molecule has 0 aliphatic carbocycles. The molecular weight excluding hydrogens is 180 g/mol. The zero-order valence-corrected chi connectivity index (χ0v) is 9.72. The molecule has 0 bridgehead atoms. The molecule has 0 aromatic carbocycles. The lowest BCUT2D eigenvalue weighted by Crippen LogP contribution is -2.48. The molecule has 2 amide bonds. The fourth-order valence-electron chi connectivity index (χ4n) is 0.818. The topological polar surface area (TPSA) is 61.4 Å². The van der Waals surface area contributed by atoms with Crippen LogP contribution >= 0.6 is 0 Å². The van der Waals surface area contributed by atoms with Gasteiger partial charge in [-0.3, -0.25) is 0 Å². The minimum Gasteiger partial charge on any atom is -0.391 e. The molecule has 0 aromatic heterocycles. The summed E-state index contributed by atoms with van der Waals surface area (Å²) in [4.78, 5) is 11.3. The standard InChI is InChI=1S/C10H22N2O2/c1-7(2)8(13)6-11-9(14)12-10(3,4)5/h7-8,13H,6H2,1-5H3,(H2,11,12,14). The average molecular weight is 202 g/mol. The van der Waals surface area contributed by atoms with E-state index in [9.17, 15) is 9.90 Å². The summed E-state index contributed by atoms with van der Waals surface area (Å²) in [5, 5.41) is 14.8. The van der Waals surface area contributed by atoms with Crippen LogP contribution in [-0.2, 0) is 0 Å². The molecule has 1 unspecified atom stereocenters. The highest BCUT2D eigenvalue weighted by Gasteiger charge is 2.15. The Hall–Kier alpha value is -0.770. The van der Waals surface area contributed by atoms with Gasteiger partial charge in [0.15, 0.2) is 0 Å². The molecule has 0 rings (SSSR count). The van der Waals surface area contributed by atoms with E-state index in [0.29, 0.717) is 6.54 Å². The van der Waals surface area contributed by atoms with Gasteiger partial charge >= 0.3 is 6.03 Å². The monoisotopic (exact) mass is 202 g/mol. The largest absolute Gasteiger partial charge is 0.391 e. The van der Waals surface area contributed by atoms with Crippen LogP contribution in [0.3, 0.4) is 0 Å². The summed E-state index contributed by atoms with van der Waals surface area (Å²) in [6.45, 7) is 9.84. The second-order valence-corrected chi connectivity index (χ2v) is 4.90. The lowest BCUT2D eigenvalue weighted by atomic mass is 10.1. The number of urea groups is 1. The molecule has 0 heterocycles. The predicted molar refractivity (Wildman–Crippen MR) is 57.1 cm³/mol. The number of rotatable bonds is 3. The quantitative estimate of drug-likeness (QED) is 0.642. The van der Waals surface area contributed by atoms with Crippen molar-refractivity contribution in [2.75, 3.05) is 6.54 Å². The van der Waals surface area contributed by atoms with Crippen LogP contribution in [-0.4, -0.2) is 29.3 Å². The molecule has 0 aliphatic heterocycles. The van der Waals surface area contributed by atoms with E-state index in [4.69, 9.17) is 0 Å². The molecule has 0 aliphatic rings. The van der Waals surface area contributed by atoms with Crippen molar-refractivity contribution in [2.45, 2.75) is 46.3 Å². The number of hydrogen-bond donors (Lipinski definition) is 3. The SMILES string of the molecule is CC(C)C(O)CNC(=O)NC(C)(C)C. The lowest BCUT2D eigenvalue weighted by Gasteiger charge is -2.22. The molecule has 14 heavy (non-hydrogen) atoms. The maximum absolute atomic E-state index is 11.3. The normalized spacial score (nSPS) is 13.9. The molecule has 0 spiro atoms. The number of aliphatic hydroxyl groups excluding tert-OH is 1. The molecule has 3 N–H and O–H groups in total. The summed E-state index contributed by atoms with van der Waals surface area (Å²) in [7, 11) is 0. The molecule has 4 nitrogen and oxygen atoms in total. The third-order valence-electron chi connectivity index (χ3n) is 1.73. The summed E-state index contributed by atoms with van der Waals surface area (Å²) >= 11 is 0. The zero-order chi connectivity index (χ0) is 11.4. The van der Waals surface area contributed by atoms with E-state index in [1.54, 1.807) is 0 Å². The van der Waals surface area contributed by atoms with Gasteiger partial charge in [-0.1, -0.05) is 13.8 Å². The fourth-order valence-corrected chi connectivity index (χ4v) is 0.818. The van der Waals surface area contributed by atoms with Crippen LogP contribution in [0, 0.1) is 5.92 Å². The van der Waals surface area contributed by atoms with Crippen molar-refractivity contribution in [2.24, 2.45) is 5.92 Å². The molecule has 4 heteroatoms. The minimum absolute atomic E-state index is 0.157. The van der Waals surface area contributed by atoms with Gasteiger partial charge in [-0.05, 0) is 26.7 Å². The van der Waals surface area contributed by atoms with Crippen molar-refractivity contribution in [3.63, 3.8) is 0 Å². The Morgan fingerprint density at radius 1 is 1.36 bits per heavy atom. The number of amides is 2. The first-order valence-corrected chi connectivity index (χ1v) is 4.96. The van der Waals surface area contributed by atoms with Crippen LogP contribution < -0.4 is 10.6 Å². The molecular formula is C10H22N2O2. The summed E-state index contributed by atoms with van der Waals surface area (Å²) in [5.74, 6) is 0.157. The van der Waals surface area contributed by atoms with E-state index in [-0.39, 0.29) is 17.5 Å². The second-order valence-electron chi connectivity index (χ2n) is 4.90. The summed E-state index contributed by atoms with van der Waals surface area (Å²) in [6.07, 6.45) is -0.485. The Morgan fingerprint density at radius 3 is 2.21 bits per heavy atom. The van der Waals surface area contributed by atoms with Crippen LogP contribution in [0.25, 0.3) is 0 Å². The highest BCUT2D eigenvalue weighted by atomic mass is 16.3. The van der Waals surface area contributed by atoms with Gasteiger partial charge in [0.2, 0.25) is 0 Å². The molecule has 0 fully saturated rings. The lowest BCUT2D eigenvalue weighted by molar-refractivity contribution is 0.124. The van der Waals surface area contributed by atoms with Gasteiger partial charge in [0, 0.05) is 12.1 Å².